The molecule has 0 aliphatic carbocycles. The molecule has 0 saturated heterocycles. The number of halogens is 3. The Balaban J connectivity index is 2.33. The van der Waals surface area contributed by atoms with Gasteiger partial charge in [0.15, 0.2) is 0 Å². The first kappa shape index (κ1) is 14.8. The van der Waals surface area contributed by atoms with Gasteiger partial charge in [-0.1, -0.05) is 24.3 Å². The summed E-state index contributed by atoms with van der Waals surface area (Å²) in [5.74, 6) is -3.17. The lowest BCUT2D eigenvalue weighted by Gasteiger charge is -2.10. The van der Waals surface area contributed by atoms with E-state index < -0.39 is 18.1 Å². The molecule has 2 N–H and O–H groups in total. The molecule has 110 valence electrons. The summed E-state index contributed by atoms with van der Waals surface area (Å²) in [6.45, 7) is -0.335. The molecule has 0 unspecified atom stereocenters. The van der Waals surface area contributed by atoms with Crippen LogP contribution in [0.15, 0.2) is 36.4 Å². The molecule has 21 heavy (non-hydrogen) atoms. The largest absolute Gasteiger partial charge is 0.478 e. The highest BCUT2D eigenvalue weighted by atomic mass is 19.4. The zero-order chi connectivity index (χ0) is 15.6. The monoisotopic (exact) mass is 297 g/mol. The van der Waals surface area contributed by atoms with Crippen LogP contribution in [0, 0.1) is 0 Å². The minimum atomic E-state index is -4.95. The number of carboxylic acids is 1. The number of carbonyl (C=O) groups is 2. The SMILES string of the molecule is O=C(O)c1ccc2cccc(CNC(=O)C(F)(F)F)c2c1. The minimum Gasteiger partial charge on any atom is -0.478 e. The molecule has 0 bridgehead atoms. The number of alkyl halides is 3. The predicted octanol–water partition coefficient (Wildman–Crippen LogP) is 2.72. The first-order valence-corrected chi connectivity index (χ1v) is 5.89. The van der Waals surface area contributed by atoms with Crippen molar-refractivity contribution in [3.63, 3.8) is 0 Å². The van der Waals surface area contributed by atoms with E-state index in [9.17, 15) is 22.8 Å². The number of amides is 1. The maximum absolute atomic E-state index is 12.1. The number of rotatable bonds is 3. The molecule has 0 atom stereocenters. The molecule has 2 aromatic carbocycles. The van der Waals surface area contributed by atoms with Crippen LogP contribution in [0.4, 0.5) is 13.2 Å². The highest BCUT2D eigenvalue weighted by Gasteiger charge is 2.38. The van der Waals surface area contributed by atoms with Gasteiger partial charge in [0.1, 0.15) is 0 Å². The molecule has 4 nitrogen and oxygen atoms in total. The molecule has 0 aromatic heterocycles. The molecule has 0 radical (unpaired) electrons. The summed E-state index contributed by atoms with van der Waals surface area (Å²) >= 11 is 0. The van der Waals surface area contributed by atoms with E-state index in [4.69, 9.17) is 5.11 Å². The van der Waals surface area contributed by atoms with E-state index in [1.807, 2.05) is 0 Å². The Morgan fingerprint density at radius 3 is 2.48 bits per heavy atom. The average molecular weight is 297 g/mol. The first-order valence-electron chi connectivity index (χ1n) is 5.89. The Labute approximate surface area is 117 Å². The molecule has 2 rings (SSSR count). The number of carboxylic acid groups (broad SMARTS) is 1. The lowest BCUT2D eigenvalue weighted by Crippen LogP contribution is -2.36. The highest BCUT2D eigenvalue weighted by molar-refractivity contribution is 5.95. The van der Waals surface area contributed by atoms with Crippen molar-refractivity contribution in [1.82, 2.24) is 5.32 Å². The van der Waals surface area contributed by atoms with Gasteiger partial charge < -0.3 is 10.4 Å². The van der Waals surface area contributed by atoms with Gasteiger partial charge in [-0.25, -0.2) is 4.79 Å². The maximum atomic E-state index is 12.1. The number of fused-ring (bicyclic) bond motifs is 1. The van der Waals surface area contributed by atoms with E-state index in [1.165, 1.54) is 18.2 Å². The van der Waals surface area contributed by atoms with E-state index in [-0.39, 0.29) is 12.1 Å². The van der Waals surface area contributed by atoms with Crippen molar-refractivity contribution in [3.8, 4) is 0 Å². The number of hydrogen-bond acceptors (Lipinski definition) is 2. The molecule has 1 amide bonds. The second-order valence-corrected chi connectivity index (χ2v) is 4.34. The third-order valence-corrected chi connectivity index (χ3v) is 2.92. The minimum absolute atomic E-state index is 0.0251. The number of aromatic carboxylic acids is 1. The van der Waals surface area contributed by atoms with Gasteiger partial charge in [0.25, 0.3) is 0 Å². The fraction of sp³-hybridized carbons (Fsp3) is 0.143. The van der Waals surface area contributed by atoms with Gasteiger partial charge in [0.05, 0.1) is 5.56 Å². The van der Waals surface area contributed by atoms with Gasteiger partial charge in [-0.15, -0.1) is 0 Å². The Morgan fingerprint density at radius 1 is 1.14 bits per heavy atom. The van der Waals surface area contributed by atoms with Gasteiger partial charge >= 0.3 is 18.1 Å². The van der Waals surface area contributed by atoms with E-state index in [1.54, 1.807) is 23.5 Å². The third-order valence-electron chi connectivity index (χ3n) is 2.92. The quantitative estimate of drug-likeness (QED) is 0.915. The topological polar surface area (TPSA) is 66.4 Å². The first-order chi connectivity index (χ1) is 9.79. The van der Waals surface area contributed by atoms with Crippen molar-refractivity contribution < 1.29 is 27.9 Å². The summed E-state index contributed by atoms with van der Waals surface area (Å²) in [5, 5.41) is 11.9. The number of hydrogen-bond donors (Lipinski definition) is 2. The second kappa shape index (κ2) is 5.43. The van der Waals surface area contributed by atoms with Crippen LogP contribution in [0.2, 0.25) is 0 Å². The highest BCUT2D eigenvalue weighted by Crippen LogP contribution is 2.21. The molecule has 0 spiro atoms. The molecule has 0 fully saturated rings. The summed E-state index contributed by atoms with van der Waals surface area (Å²) in [6.07, 6.45) is -4.95. The van der Waals surface area contributed by atoms with E-state index in [0.717, 1.165) is 0 Å². The number of nitrogens with one attached hydrogen (secondary N) is 1. The van der Waals surface area contributed by atoms with Gasteiger partial charge in [0, 0.05) is 6.54 Å². The van der Waals surface area contributed by atoms with Crippen molar-refractivity contribution in [2.45, 2.75) is 12.7 Å². The van der Waals surface area contributed by atoms with Crippen LogP contribution in [-0.2, 0) is 11.3 Å². The molecular weight excluding hydrogens is 287 g/mol. The maximum Gasteiger partial charge on any atom is 0.471 e. The van der Waals surface area contributed by atoms with Gasteiger partial charge in [-0.3, -0.25) is 4.79 Å². The Morgan fingerprint density at radius 2 is 1.86 bits per heavy atom. The molecule has 0 saturated carbocycles. The molecule has 0 aliphatic heterocycles. The fourth-order valence-electron chi connectivity index (χ4n) is 1.90. The zero-order valence-electron chi connectivity index (χ0n) is 10.6. The van der Waals surface area contributed by atoms with Crippen LogP contribution < -0.4 is 5.32 Å². The van der Waals surface area contributed by atoms with Crippen LogP contribution in [0.5, 0.6) is 0 Å². The standard InChI is InChI=1S/C14H10F3NO3/c15-14(16,17)13(21)18-7-10-3-1-2-8-4-5-9(12(19)20)6-11(8)10/h1-6H,7H2,(H,18,21)(H,19,20). The summed E-state index contributed by atoms with van der Waals surface area (Å²) in [7, 11) is 0. The molecular formula is C14H10F3NO3. The van der Waals surface area contributed by atoms with Crippen molar-refractivity contribution in [1.29, 1.82) is 0 Å². The lowest BCUT2D eigenvalue weighted by molar-refractivity contribution is -0.173. The van der Waals surface area contributed by atoms with Gasteiger partial charge in [-0.2, -0.15) is 13.2 Å². The van der Waals surface area contributed by atoms with Crippen LogP contribution >= 0.6 is 0 Å². The number of benzene rings is 2. The Kier molecular flexibility index (Phi) is 3.84. The zero-order valence-corrected chi connectivity index (χ0v) is 10.6. The van der Waals surface area contributed by atoms with E-state index in [2.05, 4.69) is 0 Å². The molecule has 0 heterocycles. The Hall–Kier alpha value is -2.57. The average Bonchev–Trinajstić information content (AvgIpc) is 2.42. The van der Waals surface area contributed by atoms with Crippen LogP contribution in [0.1, 0.15) is 15.9 Å². The normalized spacial score (nSPS) is 11.4. The second-order valence-electron chi connectivity index (χ2n) is 4.34. The number of carbonyl (C=O) groups excluding carboxylic acids is 1. The van der Waals surface area contributed by atoms with Crippen molar-refractivity contribution in [2.75, 3.05) is 0 Å². The van der Waals surface area contributed by atoms with E-state index >= 15 is 0 Å². The van der Waals surface area contributed by atoms with E-state index in [0.29, 0.717) is 16.3 Å². The summed E-state index contributed by atoms with van der Waals surface area (Å²) in [5.41, 5.74) is 0.435. The third kappa shape index (κ3) is 3.31. The Bertz CT molecular complexity index is 710. The smallest absolute Gasteiger partial charge is 0.471 e. The lowest BCUT2D eigenvalue weighted by atomic mass is 10.0. The fourth-order valence-corrected chi connectivity index (χ4v) is 1.90. The molecule has 0 aliphatic rings. The van der Waals surface area contributed by atoms with Crippen molar-refractivity contribution >= 4 is 22.6 Å². The molecule has 7 heteroatoms. The predicted molar refractivity (Wildman–Crippen MR) is 68.8 cm³/mol. The summed E-state index contributed by atoms with van der Waals surface area (Å²) < 4.78 is 36.4. The molecule has 2 aromatic rings. The van der Waals surface area contributed by atoms with Crippen LogP contribution in [-0.4, -0.2) is 23.2 Å². The van der Waals surface area contributed by atoms with Crippen LogP contribution in [0.25, 0.3) is 10.8 Å². The van der Waals surface area contributed by atoms with Gasteiger partial charge in [0.2, 0.25) is 0 Å². The van der Waals surface area contributed by atoms with Crippen molar-refractivity contribution in [2.24, 2.45) is 0 Å². The van der Waals surface area contributed by atoms with Gasteiger partial charge in [-0.05, 0) is 28.5 Å². The van der Waals surface area contributed by atoms with Crippen molar-refractivity contribution in [3.05, 3.63) is 47.5 Å². The summed E-state index contributed by atoms with van der Waals surface area (Å²) in [4.78, 5) is 21.8. The van der Waals surface area contributed by atoms with Crippen LogP contribution in [0.3, 0.4) is 0 Å². The summed E-state index contributed by atoms with van der Waals surface area (Å²) in [6, 6.07) is 9.20.